The highest BCUT2D eigenvalue weighted by Crippen LogP contribution is 2.31. The van der Waals surface area contributed by atoms with Gasteiger partial charge in [-0.05, 0) is 18.2 Å². The van der Waals surface area contributed by atoms with Crippen LogP contribution in [0.2, 0.25) is 0 Å². The molecule has 0 saturated carbocycles. The van der Waals surface area contributed by atoms with Gasteiger partial charge in [0.25, 0.3) is 0 Å². The van der Waals surface area contributed by atoms with Gasteiger partial charge in [-0.1, -0.05) is 40.2 Å². The zero-order valence-corrected chi connectivity index (χ0v) is 15.4. The van der Waals surface area contributed by atoms with E-state index in [0.29, 0.717) is 6.54 Å². The maximum Gasteiger partial charge on any atom is 0.242 e. The number of carbonyl (C=O) groups is 1. The number of hydrogen-bond donors (Lipinski definition) is 4. The molecule has 0 spiro atoms. The van der Waals surface area contributed by atoms with Crippen molar-refractivity contribution in [2.45, 2.75) is 12.1 Å². The molecule has 1 saturated heterocycles. The van der Waals surface area contributed by atoms with E-state index in [0.717, 1.165) is 37.4 Å². The summed E-state index contributed by atoms with van der Waals surface area (Å²) in [5.74, 6) is -0.00235. The van der Waals surface area contributed by atoms with E-state index < -0.39 is 0 Å². The van der Waals surface area contributed by atoms with Crippen molar-refractivity contribution in [3.8, 4) is 0 Å². The van der Waals surface area contributed by atoms with Gasteiger partial charge in [0.05, 0.1) is 6.04 Å². The summed E-state index contributed by atoms with van der Waals surface area (Å²) >= 11 is 3.49. The standard InChI is InChI=1S/C20H17BrN4O/c21-11-5-6-13-14(8-23-17(13)7-11)18-10-24-19(20(26)25-18)15-9-22-16-4-2-1-3-12(15)16/h1-9,18-19,22-24H,10H2,(H,25,26)/t18-,19-/m0/s1. The molecule has 1 fully saturated rings. The lowest BCUT2D eigenvalue weighted by Crippen LogP contribution is -2.49. The molecule has 1 aliphatic rings. The van der Waals surface area contributed by atoms with Gasteiger partial charge in [0.15, 0.2) is 0 Å². The average Bonchev–Trinajstić information content (AvgIpc) is 3.25. The van der Waals surface area contributed by atoms with Crippen LogP contribution in [0.5, 0.6) is 0 Å². The Bertz CT molecular complexity index is 1130. The molecule has 2 aromatic heterocycles. The van der Waals surface area contributed by atoms with Crippen LogP contribution in [-0.2, 0) is 4.79 Å². The summed E-state index contributed by atoms with van der Waals surface area (Å²) in [5, 5.41) is 8.81. The summed E-state index contributed by atoms with van der Waals surface area (Å²) in [5.41, 5.74) is 4.19. The van der Waals surface area contributed by atoms with Crippen LogP contribution in [-0.4, -0.2) is 22.4 Å². The molecule has 1 amide bonds. The molecular formula is C20H17BrN4O. The number of piperazine rings is 1. The van der Waals surface area contributed by atoms with Gasteiger partial charge in [-0.25, -0.2) is 0 Å². The fourth-order valence-corrected chi connectivity index (χ4v) is 4.18. The second-order valence-electron chi connectivity index (χ2n) is 6.63. The van der Waals surface area contributed by atoms with E-state index in [1.165, 1.54) is 0 Å². The van der Waals surface area contributed by atoms with E-state index >= 15 is 0 Å². The Morgan fingerprint density at radius 3 is 2.58 bits per heavy atom. The van der Waals surface area contributed by atoms with Crippen LogP contribution in [0, 0.1) is 0 Å². The minimum Gasteiger partial charge on any atom is -0.361 e. The van der Waals surface area contributed by atoms with Crippen molar-refractivity contribution in [2.24, 2.45) is 0 Å². The third-order valence-corrected chi connectivity index (χ3v) is 5.58. The van der Waals surface area contributed by atoms with Gasteiger partial charge in [0, 0.05) is 56.3 Å². The van der Waals surface area contributed by atoms with Crippen molar-refractivity contribution in [1.82, 2.24) is 20.6 Å². The molecule has 4 aromatic rings. The molecule has 6 heteroatoms. The summed E-state index contributed by atoms with van der Waals surface area (Å²) in [6.45, 7) is 0.679. The zero-order chi connectivity index (χ0) is 17.7. The Balaban J connectivity index is 1.44. The van der Waals surface area contributed by atoms with Gasteiger partial charge >= 0.3 is 0 Å². The third-order valence-electron chi connectivity index (χ3n) is 5.09. The highest BCUT2D eigenvalue weighted by atomic mass is 79.9. The van der Waals surface area contributed by atoms with Crippen molar-refractivity contribution in [3.63, 3.8) is 0 Å². The van der Waals surface area contributed by atoms with Gasteiger partial charge in [-0.15, -0.1) is 0 Å². The molecule has 0 unspecified atom stereocenters. The van der Waals surface area contributed by atoms with Crippen molar-refractivity contribution in [1.29, 1.82) is 0 Å². The normalized spacial score (nSPS) is 20.6. The number of carbonyl (C=O) groups excluding carboxylic acids is 1. The largest absolute Gasteiger partial charge is 0.361 e. The van der Waals surface area contributed by atoms with E-state index in [4.69, 9.17) is 0 Å². The molecule has 0 aliphatic carbocycles. The molecule has 2 aromatic carbocycles. The molecule has 3 heterocycles. The minimum absolute atomic E-state index is 0.00235. The van der Waals surface area contributed by atoms with Crippen LogP contribution in [0.15, 0.2) is 59.3 Å². The average molecular weight is 409 g/mol. The van der Waals surface area contributed by atoms with Crippen LogP contribution in [0.3, 0.4) is 0 Å². The lowest BCUT2D eigenvalue weighted by molar-refractivity contribution is -0.125. The highest BCUT2D eigenvalue weighted by Gasteiger charge is 2.31. The molecule has 5 nitrogen and oxygen atoms in total. The molecule has 5 rings (SSSR count). The number of aromatic nitrogens is 2. The van der Waals surface area contributed by atoms with Crippen molar-refractivity contribution in [2.75, 3.05) is 6.54 Å². The fraction of sp³-hybridized carbons (Fsp3) is 0.150. The summed E-state index contributed by atoms with van der Waals surface area (Å²) < 4.78 is 1.03. The van der Waals surface area contributed by atoms with Gasteiger partial charge in [-0.3, -0.25) is 10.1 Å². The number of hydrogen-bond acceptors (Lipinski definition) is 2. The number of H-pyrrole nitrogens is 2. The van der Waals surface area contributed by atoms with Gasteiger partial charge in [0.2, 0.25) is 5.91 Å². The molecule has 0 radical (unpaired) electrons. The van der Waals surface area contributed by atoms with E-state index in [9.17, 15) is 4.79 Å². The van der Waals surface area contributed by atoms with Crippen LogP contribution in [0.4, 0.5) is 0 Å². The van der Waals surface area contributed by atoms with Gasteiger partial charge in [-0.2, -0.15) is 0 Å². The van der Waals surface area contributed by atoms with E-state index in [2.05, 4.69) is 42.6 Å². The lowest BCUT2D eigenvalue weighted by atomic mass is 9.98. The highest BCUT2D eigenvalue weighted by molar-refractivity contribution is 9.10. The Morgan fingerprint density at radius 1 is 0.923 bits per heavy atom. The van der Waals surface area contributed by atoms with Crippen LogP contribution >= 0.6 is 15.9 Å². The second-order valence-corrected chi connectivity index (χ2v) is 7.54. The Morgan fingerprint density at radius 2 is 1.69 bits per heavy atom. The Labute approximate surface area is 158 Å². The number of benzene rings is 2. The first-order valence-electron chi connectivity index (χ1n) is 8.57. The predicted molar refractivity (Wildman–Crippen MR) is 106 cm³/mol. The number of fused-ring (bicyclic) bond motifs is 2. The molecule has 4 N–H and O–H groups in total. The van der Waals surface area contributed by atoms with Crippen LogP contribution < -0.4 is 10.6 Å². The number of halogens is 1. The lowest BCUT2D eigenvalue weighted by Gasteiger charge is -2.30. The van der Waals surface area contributed by atoms with Crippen LogP contribution in [0.25, 0.3) is 21.8 Å². The summed E-state index contributed by atoms with van der Waals surface area (Å²) in [6, 6.07) is 13.8. The van der Waals surface area contributed by atoms with Crippen molar-refractivity contribution >= 4 is 43.6 Å². The first-order chi connectivity index (χ1) is 12.7. The molecule has 0 bridgehead atoms. The maximum atomic E-state index is 12.8. The Kier molecular flexibility index (Phi) is 3.62. The smallest absolute Gasteiger partial charge is 0.242 e. The quantitative estimate of drug-likeness (QED) is 0.405. The minimum atomic E-state index is -0.346. The van der Waals surface area contributed by atoms with Crippen molar-refractivity contribution < 1.29 is 4.79 Å². The number of nitrogens with one attached hydrogen (secondary N) is 4. The summed E-state index contributed by atoms with van der Waals surface area (Å²) in [6.07, 6.45) is 3.90. The molecular weight excluding hydrogens is 392 g/mol. The summed E-state index contributed by atoms with van der Waals surface area (Å²) in [7, 11) is 0. The van der Waals surface area contributed by atoms with E-state index in [1.807, 2.05) is 48.8 Å². The monoisotopic (exact) mass is 408 g/mol. The molecule has 130 valence electrons. The number of amides is 1. The molecule has 2 atom stereocenters. The predicted octanol–water partition coefficient (Wildman–Crippen LogP) is 3.91. The molecule has 26 heavy (non-hydrogen) atoms. The number of rotatable bonds is 2. The van der Waals surface area contributed by atoms with Crippen LogP contribution in [0.1, 0.15) is 23.2 Å². The second kappa shape index (κ2) is 6.00. The maximum absolute atomic E-state index is 12.8. The number of aromatic amines is 2. The fourth-order valence-electron chi connectivity index (χ4n) is 3.82. The van der Waals surface area contributed by atoms with Gasteiger partial charge < -0.3 is 15.3 Å². The van der Waals surface area contributed by atoms with E-state index in [-0.39, 0.29) is 18.0 Å². The first kappa shape index (κ1) is 15.7. The van der Waals surface area contributed by atoms with E-state index in [1.54, 1.807) is 0 Å². The first-order valence-corrected chi connectivity index (χ1v) is 9.36. The number of para-hydroxylation sites is 1. The van der Waals surface area contributed by atoms with Crippen molar-refractivity contribution in [3.05, 3.63) is 70.5 Å². The zero-order valence-electron chi connectivity index (χ0n) is 13.8. The topological polar surface area (TPSA) is 72.7 Å². The molecule has 1 aliphatic heterocycles. The SMILES string of the molecule is O=C1N[C@H](c2c[nH]c3cc(Br)ccc23)CN[C@H]1c1c[nH]c2ccccc12. The van der Waals surface area contributed by atoms with Gasteiger partial charge in [0.1, 0.15) is 6.04 Å². The summed E-state index contributed by atoms with van der Waals surface area (Å²) in [4.78, 5) is 19.4. The third kappa shape index (κ3) is 2.45. The Hall–Kier alpha value is -2.57.